The maximum Gasteiger partial charge on any atom is 0.294 e. The largest absolute Gasteiger partial charge is 0.508 e. The smallest absolute Gasteiger partial charge is 0.294 e. The summed E-state index contributed by atoms with van der Waals surface area (Å²) < 4.78 is 0. The van der Waals surface area contributed by atoms with Gasteiger partial charge in [0.05, 0.1) is 4.91 Å². The van der Waals surface area contributed by atoms with E-state index in [1.54, 1.807) is 12.2 Å². The van der Waals surface area contributed by atoms with Crippen molar-refractivity contribution in [1.82, 2.24) is 4.90 Å². The molecule has 27 heavy (non-hydrogen) atoms. The first kappa shape index (κ1) is 18.5. The molecular formula is C20H16N2O4S. The van der Waals surface area contributed by atoms with Crippen LogP contribution in [0.4, 0.5) is 10.5 Å². The Kier molecular flexibility index (Phi) is 5.73. The van der Waals surface area contributed by atoms with Crippen LogP contribution in [0.1, 0.15) is 5.56 Å². The molecule has 0 atom stereocenters. The fourth-order valence-corrected chi connectivity index (χ4v) is 3.14. The second-order valence-corrected chi connectivity index (χ2v) is 6.65. The van der Waals surface area contributed by atoms with Gasteiger partial charge in [-0.2, -0.15) is 0 Å². The highest BCUT2D eigenvalue weighted by atomic mass is 32.2. The zero-order valence-corrected chi connectivity index (χ0v) is 15.0. The number of phenols is 1. The topological polar surface area (TPSA) is 86.7 Å². The summed E-state index contributed by atoms with van der Waals surface area (Å²) in [6, 6.07) is 15.5. The van der Waals surface area contributed by atoms with Crippen molar-refractivity contribution in [1.29, 1.82) is 0 Å². The van der Waals surface area contributed by atoms with Crippen molar-refractivity contribution in [2.24, 2.45) is 0 Å². The van der Waals surface area contributed by atoms with Crippen molar-refractivity contribution in [3.05, 3.63) is 77.2 Å². The molecule has 0 aliphatic carbocycles. The summed E-state index contributed by atoms with van der Waals surface area (Å²) in [5, 5.41) is 11.3. The number of anilines is 1. The number of nitrogens with one attached hydrogen (secondary N) is 1. The van der Waals surface area contributed by atoms with Crippen molar-refractivity contribution in [3.63, 3.8) is 0 Å². The molecule has 3 rings (SSSR count). The van der Waals surface area contributed by atoms with E-state index in [-0.39, 0.29) is 17.2 Å². The van der Waals surface area contributed by atoms with Crippen LogP contribution in [0, 0.1) is 0 Å². The van der Waals surface area contributed by atoms with Gasteiger partial charge in [0.15, 0.2) is 0 Å². The van der Waals surface area contributed by atoms with E-state index < -0.39 is 17.1 Å². The van der Waals surface area contributed by atoms with Crippen molar-refractivity contribution >= 4 is 40.6 Å². The minimum absolute atomic E-state index is 0.0765. The lowest BCUT2D eigenvalue weighted by molar-refractivity contribution is -0.127. The lowest BCUT2D eigenvalue weighted by Crippen LogP contribution is -2.36. The molecule has 0 bridgehead atoms. The summed E-state index contributed by atoms with van der Waals surface area (Å²) in [4.78, 5) is 37.7. The molecular weight excluding hydrogens is 364 g/mol. The monoisotopic (exact) mass is 380 g/mol. The predicted molar refractivity (Wildman–Crippen MR) is 105 cm³/mol. The number of amides is 3. The van der Waals surface area contributed by atoms with Crippen LogP contribution in [-0.4, -0.2) is 33.6 Å². The van der Waals surface area contributed by atoms with Gasteiger partial charge in [-0.15, -0.1) is 0 Å². The third-order valence-corrected chi connectivity index (χ3v) is 4.59. The number of carbonyl (C=O) groups excluding carboxylic acids is 3. The summed E-state index contributed by atoms with van der Waals surface area (Å²) >= 11 is 0.801. The number of carbonyl (C=O) groups is 3. The number of hydrogen-bond acceptors (Lipinski definition) is 5. The first-order valence-electron chi connectivity index (χ1n) is 8.09. The maximum atomic E-state index is 12.4. The van der Waals surface area contributed by atoms with Crippen LogP contribution < -0.4 is 5.32 Å². The zero-order chi connectivity index (χ0) is 19.2. The van der Waals surface area contributed by atoms with Crippen LogP contribution in [0.3, 0.4) is 0 Å². The van der Waals surface area contributed by atoms with Gasteiger partial charge < -0.3 is 10.4 Å². The molecule has 0 radical (unpaired) electrons. The van der Waals surface area contributed by atoms with E-state index in [1.807, 2.05) is 36.4 Å². The number of hydrogen-bond donors (Lipinski definition) is 2. The summed E-state index contributed by atoms with van der Waals surface area (Å²) in [5.41, 5.74) is 1.44. The Hall–Kier alpha value is -3.32. The quantitative estimate of drug-likeness (QED) is 0.611. The minimum atomic E-state index is -0.497. The van der Waals surface area contributed by atoms with E-state index in [1.165, 1.54) is 24.3 Å². The summed E-state index contributed by atoms with van der Waals surface area (Å²) in [6.07, 6.45) is 5.09. The first-order valence-corrected chi connectivity index (χ1v) is 8.90. The molecule has 1 fully saturated rings. The van der Waals surface area contributed by atoms with Gasteiger partial charge in [-0.1, -0.05) is 42.5 Å². The summed E-state index contributed by atoms with van der Waals surface area (Å²) in [7, 11) is 0. The van der Waals surface area contributed by atoms with Crippen molar-refractivity contribution in [3.8, 4) is 5.75 Å². The highest BCUT2D eigenvalue weighted by Gasteiger charge is 2.35. The number of imide groups is 1. The molecule has 2 N–H and O–H groups in total. The van der Waals surface area contributed by atoms with Crippen molar-refractivity contribution in [2.75, 3.05) is 11.9 Å². The van der Waals surface area contributed by atoms with Crippen LogP contribution in [0.5, 0.6) is 5.75 Å². The number of benzene rings is 2. The Morgan fingerprint density at radius 1 is 1.07 bits per heavy atom. The van der Waals surface area contributed by atoms with Gasteiger partial charge in [-0.3, -0.25) is 19.3 Å². The van der Waals surface area contributed by atoms with Gasteiger partial charge >= 0.3 is 0 Å². The van der Waals surface area contributed by atoms with Crippen LogP contribution >= 0.6 is 11.8 Å². The number of nitrogens with zero attached hydrogens (tertiary/aromatic N) is 1. The Balaban J connectivity index is 1.61. The minimum Gasteiger partial charge on any atom is -0.508 e. The van der Waals surface area contributed by atoms with Crippen molar-refractivity contribution < 1.29 is 19.5 Å². The average molecular weight is 380 g/mol. The summed E-state index contributed by atoms with van der Waals surface area (Å²) in [6.45, 7) is -0.370. The standard InChI is InChI=1S/C20H16N2O4S/c23-16-11-9-15(10-12-16)21-18(24)13-22-19(25)17(27-20(22)26)8-4-7-14-5-2-1-3-6-14/h1-12,23H,13H2,(H,21,24)/b7-4+,17-8+. The number of thioether (sulfide) groups is 1. The van der Waals surface area contributed by atoms with E-state index in [0.29, 0.717) is 5.69 Å². The third kappa shape index (κ3) is 4.86. The van der Waals surface area contributed by atoms with Gasteiger partial charge in [0, 0.05) is 5.69 Å². The van der Waals surface area contributed by atoms with E-state index in [9.17, 15) is 19.5 Å². The van der Waals surface area contributed by atoms with E-state index in [2.05, 4.69) is 5.32 Å². The molecule has 3 amide bonds. The number of aromatic hydroxyl groups is 1. The Morgan fingerprint density at radius 3 is 2.48 bits per heavy atom. The van der Waals surface area contributed by atoms with Crippen LogP contribution in [-0.2, 0) is 9.59 Å². The number of allylic oxidation sites excluding steroid dienone is 2. The average Bonchev–Trinajstić information content (AvgIpc) is 2.92. The molecule has 2 aromatic rings. The number of phenolic OH excluding ortho intramolecular Hbond substituents is 1. The zero-order valence-electron chi connectivity index (χ0n) is 14.2. The summed E-state index contributed by atoms with van der Waals surface area (Å²) in [5.74, 6) is -0.916. The van der Waals surface area contributed by atoms with E-state index in [4.69, 9.17) is 0 Å². The molecule has 0 unspecified atom stereocenters. The van der Waals surface area contributed by atoms with Crippen LogP contribution in [0.25, 0.3) is 6.08 Å². The highest BCUT2D eigenvalue weighted by molar-refractivity contribution is 8.18. The second-order valence-electron chi connectivity index (χ2n) is 5.66. The highest BCUT2D eigenvalue weighted by Crippen LogP contribution is 2.30. The molecule has 0 aromatic heterocycles. The molecule has 1 aliphatic rings. The van der Waals surface area contributed by atoms with Crippen LogP contribution in [0.2, 0.25) is 0 Å². The van der Waals surface area contributed by atoms with Gasteiger partial charge in [0.1, 0.15) is 12.3 Å². The molecule has 1 heterocycles. The molecule has 7 heteroatoms. The Labute approximate surface area is 160 Å². The van der Waals surface area contributed by atoms with Gasteiger partial charge in [-0.05, 0) is 47.7 Å². The molecule has 0 saturated carbocycles. The maximum absolute atomic E-state index is 12.4. The fraction of sp³-hybridized carbons (Fsp3) is 0.0500. The third-order valence-electron chi connectivity index (χ3n) is 3.66. The lowest BCUT2D eigenvalue weighted by Gasteiger charge is -2.12. The molecule has 2 aromatic carbocycles. The SMILES string of the molecule is O=C(CN1C(=O)S/C(=C/C=C/c2ccccc2)C1=O)Nc1ccc(O)cc1. The Bertz CT molecular complexity index is 921. The van der Waals surface area contributed by atoms with Gasteiger partial charge in [0.25, 0.3) is 11.1 Å². The lowest BCUT2D eigenvalue weighted by atomic mass is 10.2. The Morgan fingerprint density at radius 2 is 1.78 bits per heavy atom. The molecule has 6 nitrogen and oxygen atoms in total. The van der Waals surface area contributed by atoms with E-state index in [0.717, 1.165) is 22.2 Å². The van der Waals surface area contributed by atoms with E-state index >= 15 is 0 Å². The normalized spacial score (nSPS) is 15.7. The predicted octanol–water partition coefficient (Wildman–Crippen LogP) is 3.62. The van der Waals surface area contributed by atoms with Crippen LogP contribution in [0.15, 0.2) is 71.7 Å². The van der Waals surface area contributed by atoms with Crippen molar-refractivity contribution in [2.45, 2.75) is 0 Å². The molecule has 136 valence electrons. The second kappa shape index (κ2) is 8.37. The van der Waals surface area contributed by atoms with Gasteiger partial charge in [0.2, 0.25) is 5.91 Å². The molecule has 1 saturated heterocycles. The molecule has 0 spiro atoms. The molecule has 1 aliphatic heterocycles. The number of rotatable bonds is 5. The first-order chi connectivity index (χ1) is 13.0. The fourth-order valence-electron chi connectivity index (χ4n) is 2.35. The van der Waals surface area contributed by atoms with Gasteiger partial charge in [-0.25, -0.2) is 0 Å².